The van der Waals surface area contributed by atoms with Gasteiger partial charge in [0.25, 0.3) is 0 Å². The maximum absolute atomic E-state index is 7.51. The van der Waals surface area contributed by atoms with E-state index in [1.807, 2.05) is 6.92 Å². The first-order chi connectivity index (χ1) is 7.00. The molecule has 2 heterocycles. The van der Waals surface area contributed by atoms with E-state index in [4.69, 9.17) is 11.1 Å². The van der Waals surface area contributed by atoms with Crippen LogP contribution in [0.3, 0.4) is 0 Å². The zero-order valence-corrected chi connectivity index (χ0v) is 9.54. The molecule has 0 spiro atoms. The number of nitrogens with two attached hydrogens (primary N) is 1. The summed E-state index contributed by atoms with van der Waals surface area (Å²) in [6, 6.07) is 0.280. The molecule has 0 aliphatic carbocycles. The molecule has 2 rings (SSSR count). The van der Waals surface area contributed by atoms with Crippen molar-refractivity contribution >= 4 is 11.7 Å². The van der Waals surface area contributed by atoms with E-state index in [0.29, 0.717) is 5.84 Å². The van der Waals surface area contributed by atoms with E-state index in [0.717, 1.165) is 18.8 Å². The summed E-state index contributed by atoms with van der Waals surface area (Å²) in [4.78, 5) is 6.78. The molecule has 0 aromatic heterocycles. The van der Waals surface area contributed by atoms with Crippen LogP contribution in [0.15, 0.2) is 16.3 Å². The second-order valence-corrected chi connectivity index (χ2v) is 4.45. The van der Waals surface area contributed by atoms with Gasteiger partial charge >= 0.3 is 0 Å². The molecule has 0 radical (unpaired) electrons. The van der Waals surface area contributed by atoms with Gasteiger partial charge in [0, 0.05) is 18.2 Å². The molecule has 1 fully saturated rings. The number of aliphatic imine (C=N–C) groups is 1. The Hall–Kier alpha value is -1.32. The van der Waals surface area contributed by atoms with Crippen LogP contribution in [0, 0.1) is 11.3 Å². The van der Waals surface area contributed by atoms with Crippen LogP contribution < -0.4 is 5.73 Å². The fourth-order valence-electron chi connectivity index (χ4n) is 2.34. The monoisotopic (exact) mass is 206 g/mol. The van der Waals surface area contributed by atoms with Crippen molar-refractivity contribution in [2.24, 2.45) is 16.6 Å². The van der Waals surface area contributed by atoms with Crippen LogP contribution in [0.25, 0.3) is 0 Å². The summed E-state index contributed by atoms with van der Waals surface area (Å²) in [7, 11) is 0. The molecule has 3 N–H and O–H groups in total. The van der Waals surface area contributed by atoms with E-state index >= 15 is 0 Å². The van der Waals surface area contributed by atoms with Gasteiger partial charge in [-0.15, -0.1) is 0 Å². The van der Waals surface area contributed by atoms with Crippen LogP contribution in [-0.4, -0.2) is 29.2 Å². The van der Waals surface area contributed by atoms with Gasteiger partial charge in [-0.3, -0.25) is 10.4 Å². The van der Waals surface area contributed by atoms with Gasteiger partial charge in [-0.2, -0.15) is 0 Å². The molecule has 0 aromatic carbocycles. The molecule has 1 saturated heterocycles. The summed E-state index contributed by atoms with van der Waals surface area (Å²) in [5.41, 5.74) is 8.22. The lowest BCUT2D eigenvalue weighted by Gasteiger charge is -2.28. The standard InChI is InChI=1S/C11H18N4/c1-6-7(2)14-8(3)15-5-9(11(12)13)4-10(6)15/h7,9H,4-5H2,1-3H3,(H3,12,13)/t7-,9?/m0/s1. The fraction of sp³-hybridized carbons (Fsp3) is 0.636. The average Bonchev–Trinajstić information content (AvgIpc) is 2.59. The lowest BCUT2D eigenvalue weighted by Crippen LogP contribution is -2.33. The van der Waals surface area contributed by atoms with Crippen molar-refractivity contribution in [1.29, 1.82) is 5.41 Å². The minimum Gasteiger partial charge on any atom is -0.387 e. The van der Waals surface area contributed by atoms with Crippen molar-refractivity contribution in [2.45, 2.75) is 33.2 Å². The van der Waals surface area contributed by atoms with Crippen molar-refractivity contribution in [3.63, 3.8) is 0 Å². The highest BCUT2D eigenvalue weighted by Gasteiger charge is 2.34. The van der Waals surface area contributed by atoms with E-state index in [9.17, 15) is 0 Å². The number of hydrogen-bond donors (Lipinski definition) is 2. The van der Waals surface area contributed by atoms with Gasteiger partial charge in [0.2, 0.25) is 0 Å². The van der Waals surface area contributed by atoms with Gasteiger partial charge in [-0.1, -0.05) is 0 Å². The fourth-order valence-corrected chi connectivity index (χ4v) is 2.34. The van der Waals surface area contributed by atoms with Gasteiger partial charge < -0.3 is 10.6 Å². The van der Waals surface area contributed by atoms with Gasteiger partial charge in [0.05, 0.1) is 11.9 Å². The first kappa shape index (κ1) is 10.2. The summed E-state index contributed by atoms with van der Waals surface area (Å²) in [6.07, 6.45) is 0.901. The molecular weight excluding hydrogens is 188 g/mol. The molecule has 82 valence electrons. The minimum absolute atomic E-state index is 0.172. The largest absolute Gasteiger partial charge is 0.387 e. The van der Waals surface area contributed by atoms with Crippen LogP contribution >= 0.6 is 0 Å². The van der Waals surface area contributed by atoms with Crippen LogP contribution in [0.2, 0.25) is 0 Å². The second kappa shape index (κ2) is 3.36. The van der Waals surface area contributed by atoms with E-state index in [2.05, 4.69) is 23.7 Å². The molecule has 0 saturated carbocycles. The SMILES string of the molecule is CC1=N[C@@H](C)C(C)=C2CC(C(=N)N)CN12. The van der Waals surface area contributed by atoms with Crippen LogP contribution in [0.5, 0.6) is 0 Å². The Labute approximate surface area is 90.4 Å². The molecule has 15 heavy (non-hydrogen) atoms. The zero-order valence-electron chi connectivity index (χ0n) is 9.54. The highest BCUT2D eigenvalue weighted by molar-refractivity contribution is 5.87. The van der Waals surface area contributed by atoms with Crippen molar-refractivity contribution in [1.82, 2.24) is 4.90 Å². The van der Waals surface area contributed by atoms with Crippen molar-refractivity contribution in [3.05, 3.63) is 11.3 Å². The average molecular weight is 206 g/mol. The van der Waals surface area contributed by atoms with E-state index in [1.54, 1.807) is 0 Å². The highest BCUT2D eigenvalue weighted by atomic mass is 15.2. The highest BCUT2D eigenvalue weighted by Crippen LogP contribution is 2.33. The number of amidine groups is 2. The first-order valence-electron chi connectivity index (χ1n) is 5.36. The third-order valence-electron chi connectivity index (χ3n) is 3.46. The lowest BCUT2D eigenvalue weighted by atomic mass is 10.0. The predicted molar refractivity (Wildman–Crippen MR) is 62.0 cm³/mol. The summed E-state index contributed by atoms with van der Waals surface area (Å²) in [5.74, 6) is 1.53. The maximum Gasteiger partial charge on any atom is 0.101 e. The van der Waals surface area contributed by atoms with E-state index in [-0.39, 0.29) is 12.0 Å². The Morgan fingerprint density at radius 3 is 2.80 bits per heavy atom. The van der Waals surface area contributed by atoms with E-state index < -0.39 is 0 Å². The molecule has 0 amide bonds. The number of fused-ring (bicyclic) bond motifs is 1. The minimum atomic E-state index is 0.172. The number of allylic oxidation sites excluding steroid dienone is 1. The number of nitrogens with zero attached hydrogens (tertiary/aromatic N) is 2. The number of rotatable bonds is 1. The third kappa shape index (κ3) is 1.54. The Kier molecular flexibility index (Phi) is 2.29. The third-order valence-corrected chi connectivity index (χ3v) is 3.46. The molecule has 1 unspecified atom stereocenters. The molecule has 2 atom stereocenters. The Balaban J connectivity index is 2.32. The lowest BCUT2D eigenvalue weighted by molar-refractivity contribution is 0.530. The second-order valence-electron chi connectivity index (χ2n) is 4.45. The van der Waals surface area contributed by atoms with Gasteiger partial charge in [0.1, 0.15) is 5.84 Å². The molecule has 0 bridgehead atoms. The van der Waals surface area contributed by atoms with Gasteiger partial charge in [-0.25, -0.2) is 0 Å². The maximum atomic E-state index is 7.51. The Bertz CT molecular complexity index is 367. The van der Waals surface area contributed by atoms with Crippen molar-refractivity contribution in [2.75, 3.05) is 6.54 Å². The summed E-state index contributed by atoms with van der Waals surface area (Å²) >= 11 is 0. The van der Waals surface area contributed by atoms with Crippen molar-refractivity contribution in [3.8, 4) is 0 Å². The van der Waals surface area contributed by atoms with Crippen LogP contribution in [0.1, 0.15) is 27.2 Å². The van der Waals surface area contributed by atoms with Crippen molar-refractivity contribution < 1.29 is 0 Å². The van der Waals surface area contributed by atoms with Crippen LogP contribution in [-0.2, 0) is 0 Å². The molecular formula is C11H18N4. The number of nitrogens with one attached hydrogen (secondary N) is 1. The Morgan fingerprint density at radius 2 is 2.20 bits per heavy atom. The number of hydrogen-bond acceptors (Lipinski definition) is 3. The summed E-state index contributed by atoms with van der Waals surface area (Å²) in [6.45, 7) is 7.10. The van der Waals surface area contributed by atoms with Crippen LogP contribution in [0.4, 0.5) is 0 Å². The zero-order chi connectivity index (χ0) is 11.2. The normalized spacial score (nSPS) is 30.3. The first-order valence-corrected chi connectivity index (χ1v) is 5.36. The van der Waals surface area contributed by atoms with E-state index in [1.165, 1.54) is 11.3 Å². The summed E-state index contributed by atoms with van der Waals surface area (Å²) in [5, 5.41) is 7.51. The predicted octanol–water partition coefficient (Wildman–Crippen LogP) is 1.34. The molecule has 2 aliphatic heterocycles. The molecule has 2 aliphatic rings. The molecule has 0 aromatic rings. The van der Waals surface area contributed by atoms with Gasteiger partial charge in [-0.05, 0) is 32.8 Å². The smallest absolute Gasteiger partial charge is 0.101 e. The quantitative estimate of drug-likeness (QED) is 0.502. The Morgan fingerprint density at radius 1 is 1.53 bits per heavy atom. The topological polar surface area (TPSA) is 65.5 Å². The summed E-state index contributed by atoms with van der Waals surface area (Å²) < 4.78 is 0. The molecule has 4 nitrogen and oxygen atoms in total. The molecule has 4 heteroatoms. The van der Waals surface area contributed by atoms with Gasteiger partial charge in [0.15, 0.2) is 0 Å².